The highest BCUT2D eigenvalue weighted by Gasteiger charge is 2.34. The Morgan fingerprint density at radius 2 is 2.20 bits per heavy atom. The van der Waals surface area contributed by atoms with Crippen molar-refractivity contribution in [1.29, 1.82) is 0 Å². The molecule has 0 spiro atoms. The number of rotatable bonds is 5. The van der Waals surface area contributed by atoms with Gasteiger partial charge in [-0.1, -0.05) is 6.92 Å². The molecule has 1 N–H and O–H groups in total. The van der Waals surface area contributed by atoms with Crippen molar-refractivity contribution in [1.82, 2.24) is 9.03 Å². The zero-order chi connectivity index (χ0) is 11.5. The quantitative estimate of drug-likeness (QED) is 0.743. The Hall–Kier alpha value is -0.460. The SMILES string of the molecule is CCNS(=O)(=O)N1CCCC1CC(C)=O. The molecule has 5 nitrogen and oxygen atoms in total. The first kappa shape index (κ1) is 12.6. The Morgan fingerprint density at radius 3 is 2.73 bits per heavy atom. The van der Waals surface area contributed by atoms with Gasteiger partial charge in [-0.3, -0.25) is 4.79 Å². The maximum atomic E-state index is 11.7. The summed E-state index contributed by atoms with van der Waals surface area (Å²) in [7, 11) is -3.37. The second-order valence-corrected chi connectivity index (χ2v) is 5.52. The number of hydrogen-bond donors (Lipinski definition) is 1. The van der Waals surface area contributed by atoms with Crippen LogP contribution in [0.15, 0.2) is 0 Å². The van der Waals surface area contributed by atoms with E-state index in [1.54, 1.807) is 6.92 Å². The minimum atomic E-state index is -3.37. The molecule has 1 heterocycles. The molecule has 0 aromatic carbocycles. The summed E-state index contributed by atoms with van der Waals surface area (Å²) < 4.78 is 27.3. The maximum absolute atomic E-state index is 11.7. The zero-order valence-corrected chi connectivity index (χ0v) is 10.0. The number of carbonyl (C=O) groups is 1. The molecule has 1 unspecified atom stereocenters. The van der Waals surface area contributed by atoms with Crippen molar-refractivity contribution in [2.45, 2.75) is 39.2 Å². The molecule has 1 saturated heterocycles. The van der Waals surface area contributed by atoms with Crippen LogP contribution in [-0.2, 0) is 15.0 Å². The first-order chi connectivity index (χ1) is 6.97. The summed E-state index contributed by atoms with van der Waals surface area (Å²) in [6.07, 6.45) is 1.94. The normalized spacial score (nSPS) is 23.2. The van der Waals surface area contributed by atoms with E-state index in [1.807, 2.05) is 0 Å². The van der Waals surface area contributed by atoms with Gasteiger partial charge in [-0.25, -0.2) is 4.72 Å². The molecule has 0 aromatic rings. The van der Waals surface area contributed by atoms with Crippen molar-refractivity contribution in [3.63, 3.8) is 0 Å². The summed E-state index contributed by atoms with van der Waals surface area (Å²) in [6, 6.07) is -0.147. The molecule has 0 saturated carbocycles. The van der Waals surface area contributed by atoms with Crippen LogP contribution in [0.1, 0.15) is 33.1 Å². The third kappa shape index (κ3) is 3.25. The van der Waals surface area contributed by atoms with E-state index < -0.39 is 10.2 Å². The van der Waals surface area contributed by atoms with Crippen molar-refractivity contribution in [3.8, 4) is 0 Å². The van der Waals surface area contributed by atoms with Crippen LogP contribution in [0.25, 0.3) is 0 Å². The maximum Gasteiger partial charge on any atom is 0.279 e. The van der Waals surface area contributed by atoms with Gasteiger partial charge in [-0.05, 0) is 19.8 Å². The van der Waals surface area contributed by atoms with Crippen molar-refractivity contribution < 1.29 is 13.2 Å². The van der Waals surface area contributed by atoms with E-state index in [-0.39, 0.29) is 11.8 Å². The molecule has 0 amide bonds. The van der Waals surface area contributed by atoms with Gasteiger partial charge in [-0.2, -0.15) is 12.7 Å². The van der Waals surface area contributed by atoms with Crippen molar-refractivity contribution >= 4 is 16.0 Å². The minimum Gasteiger partial charge on any atom is -0.300 e. The van der Waals surface area contributed by atoms with E-state index in [0.29, 0.717) is 19.5 Å². The third-order valence-corrected chi connectivity index (χ3v) is 4.23. The van der Waals surface area contributed by atoms with Gasteiger partial charge < -0.3 is 0 Å². The van der Waals surface area contributed by atoms with Gasteiger partial charge in [0.15, 0.2) is 0 Å². The van der Waals surface area contributed by atoms with Gasteiger partial charge in [-0.15, -0.1) is 0 Å². The Labute approximate surface area is 91.0 Å². The van der Waals surface area contributed by atoms with E-state index in [2.05, 4.69) is 4.72 Å². The van der Waals surface area contributed by atoms with Crippen LogP contribution >= 0.6 is 0 Å². The molecule has 0 aromatic heterocycles. The number of nitrogens with one attached hydrogen (secondary N) is 1. The largest absolute Gasteiger partial charge is 0.300 e. The lowest BCUT2D eigenvalue weighted by molar-refractivity contribution is -0.117. The van der Waals surface area contributed by atoms with Crippen LogP contribution < -0.4 is 4.72 Å². The summed E-state index contributed by atoms with van der Waals surface area (Å²) in [6.45, 7) is 4.14. The zero-order valence-electron chi connectivity index (χ0n) is 9.19. The number of nitrogens with zero attached hydrogens (tertiary/aromatic N) is 1. The second-order valence-electron chi connectivity index (χ2n) is 3.82. The fourth-order valence-electron chi connectivity index (χ4n) is 1.93. The fraction of sp³-hybridized carbons (Fsp3) is 0.889. The molecule has 88 valence electrons. The Balaban J connectivity index is 2.71. The summed E-state index contributed by atoms with van der Waals surface area (Å²) in [5, 5.41) is 0. The highest BCUT2D eigenvalue weighted by atomic mass is 32.2. The molecule has 1 aliphatic rings. The molecule has 0 radical (unpaired) electrons. The summed E-state index contributed by atoms with van der Waals surface area (Å²) in [5.74, 6) is 0.0404. The Kier molecular flexibility index (Phi) is 4.24. The van der Waals surface area contributed by atoms with Gasteiger partial charge >= 0.3 is 0 Å². The number of Topliss-reactive ketones (excluding diaryl/α,β-unsaturated/α-hetero) is 1. The Morgan fingerprint density at radius 1 is 1.53 bits per heavy atom. The monoisotopic (exact) mass is 234 g/mol. The topological polar surface area (TPSA) is 66.5 Å². The highest BCUT2D eigenvalue weighted by molar-refractivity contribution is 7.87. The second kappa shape index (κ2) is 5.05. The Bertz CT molecular complexity index is 326. The van der Waals surface area contributed by atoms with Crippen LogP contribution in [0.2, 0.25) is 0 Å². The van der Waals surface area contributed by atoms with Crippen LogP contribution in [0.3, 0.4) is 0 Å². The summed E-state index contributed by atoms with van der Waals surface area (Å²) in [5.41, 5.74) is 0. The van der Waals surface area contributed by atoms with E-state index in [4.69, 9.17) is 0 Å². The summed E-state index contributed by atoms with van der Waals surface area (Å²) >= 11 is 0. The standard InChI is InChI=1S/C9H18N2O3S/c1-3-10-15(13,14)11-6-4-5-9(11)7-8(2)12/h9-10H,3-7H2,1-2H3. The van der Waals surface area contributed by atoms with Gasteiger partial charge in [0.05, 0.1) is 0 Å². The van der Waals surface area contributed by atoms with E-state index in [0.717, 1.165) is 12.8 Å². The lowest BCUT2D eigenvalue weighted by atomic mass is 10.1. The molecule has 15 heavy (non-hydrogen) atoms. The smallest absolute Gasteiger partial charge is 0.279 e. The molecule has 6 heteroatoms. The van der Waals surface area contributed by atoms with Crippen LogP contribution in [0.4, 0.5) is 0 Å². The number of carbonyl (C=O) groups excluding carboxylic acids is 1. The van der Waals surface area contributed by atoms with E-state index in [1.165, 1.54) is 11.2 Å². The first-order valence-corrected chi connectivity index (χ1v) is 6.67. The molecule has 0 aliphatic carbocycles. The molecule has 1 atom stereocenters. The van der Waals surface area contributed by atoms with Gasteiger partial charge in [0, 0.05) is 25.6 Å². The highest BCUT2D eigenvalue weighted by Crippen LogP contribution is 2.22. The molecule has 1 fully saturated rings. The van der Waals surface area contributed by atoms with Gasteiger partial charge in [0.25, 0.3) is 10.2 Å². The van der Waals surface area contributed by atoms with E-state index in [9.17, 15) is 13.2 Å². The van der Waals surface area contributed by atoms with Crippen molar-refractivity contribution in [2.75, 3.05) is 13.1 Å². The predicted octanol–water partition coefficient (Wildman–Crippen LogP) is 0.284. The third-order valence-electron chi connectivity index (χ3n) is 2.48. The molecule has 1 rings (SSSR count). The van der Waals surface area contributed by atoms with E-state index >= 15 is 0 Å². The lowest BCUT2D eigenvalue weighted by Gasteiger charge is -2.22. The van der Waals surface area contributed by atoms with Crippen LogP contribution in [0.5, 0.6) is 0 Å². The first-order valence-electron chi connectivity index (χ1n) is 5.23. The average Bonchev–Trinajstić information content (AvgIpc) is 2.51. The fourth-order valence-corrected chi connectivity index (χ4v) is 3.40. The van der Waals surface area contributed by atoms with Crippen LogP contribution in [-0.4, -0.2) is 37.6 Å². The number of hydrogen-bond acceptors (Lipinski definition) is 3. The molecular formula is C9H18N2O3S. The molecule has 1 aliphatic heterocycles. The van der Waals surface area contributed by atoms with Crippen molar-refractivity contribution in [2.24, 2.45) is 0 Å². The van der Waals surface area contributed by atoms with Gasteiger partial charge in [0.1, 0.15) is 5.78 Å². The van der Waals surface area contributed by atoms with Crippen LogP contribution in [0, 0.1) is 0 Å². The lowest BCUT2D eigenvalue weighted by Crippen LogP contribution is -2.43. The molecular weight excluding hydrogens is 216 g/mol. The van der Waals surface area contributed by atoms with Crippen molar-refractivity contribution in [3.05, 3.63) is 0 Å². The molecule has 0 bridgehead atoms. The minimum absolute atomic E-state index is 0.0404. The van der Waals surface area contributed by atoms with Gasteiger partial charge in [0.2, 0.25) is 0 Å². The predicted molar refractivity (Wildman–Crippen MR) is 57.6 cm³/mol. The number of ketones is 1. The summed E-state index contributed by atoms with van der Waals surface area (Å²) in [4.78, 5) is 11.0. The average molecular weight is 234 g/mol.